The van der Waals surface area contributed by atoms with Crippen molar-refractivity contribution in [2.75, 3.05) is 13.2 Å². The van der Waals surface area contributed by atoms with Crippen molar-refractivity contribution in [3.8, 4) is 0 Å². The summed E-state index contributed by atoms with van der Waals surface area (Å²) in [4.78, 5) is 24.7. The molecule has 0 aromatic heterocycles. The van der Waals surface area contributed by atoms with E-state index in [1.807, 2.05) is 0 Å². The van der Waals surface area contributed by atoms with Crippen molar-refractivity contribution >= 4 is 11.9 Å². The molecule has 30 heavy (non-hydrogen) atoms. The lowest BCUT2D eigenvalue weighted by Crippen LogP contribution is -2.15. The van der Waals surface area contributed by atoms with E-state index in [0.717, 1.165) is 19.3 Å². The van der Waals surface area contributed by atoms with Crippen LogP contribution in [-0.2, 0) is 9.47 Å². The maximum Gasteiger partial charge on any atom is 0.339 e. The second kappa shape index (κ2) is 16.9. The van der Waals surface area contributed by atoms with Crippen LogP contribution in [0.15, 0.2) is 24.3 Å². The molecule has 0 aliphatic rings. The van der Waals surface area contributed by atoms with Gasteiger partial charge < -0.3 is 9.47 Å². The van der Waals surface area contributed by atoms with Crippen LogP contribution < -0.4 is 0 Å². The first-order valence-corrected chi connectivity index (χ1v) is 12.0. The zero-order valence-electron chi connectivity index (χ0n) is 19.4. The van der Waals surface area contributed by atoms with Gasteiger partial charge >= 0.3 is 11.9 Å². The highest BCUT2D eigenvalue weighted by Crippen LogP contribution is 2.14. The molecule has 1 aromatic rings. The zero-order valence-corrected chi connectivity index (χ0v) is 19.4. The smallest absolute Gasteiger partial charge is 0.339 e. The number of carbonyl (C=O) groups is 2. The van der Waals surface area contributed by atoms with Gasteiger partial charge in [0.2, 0.25) is 0 Å². The van der Waals surface area contributed by atoms with E-state index in [0.29, 0.717) is 19.1 Å². The Morgan fingerprint density at radius 1 is 0.700 bits per heavy atom. The summed E-state index contributed by atoms with van der Waals surface area (Å²) < 4.78 is 10.7. The molecule has 0 fully saturated rings. The summed E-state index contributed by atoms with van der Waals surface area (Å²) >= 11 is 0. The highest BCUT2D eigenvalue weighted by atomic mass is 16.5. The first kappa shape index (κ1) is 26.2. The summed E-state index contributed by atoms with van der Waals surface area (Å²) in [5.74, 6) is -0.444. The molecule has 0 amide bonds. The molecule has 0 aliphatic carbocycles. The maximum absolute atomic E-state index is 12.4. The van der Waals surface area contributed by atoms with Crippen LogP contribution in [0.25, 0.3) is 0 Å². The molecule has 0 heterocycles. The van der Waals surface area contributed by atoms with Gasteiger partial charge in [0, 0.05) is 0 Å². The normalized spacial score (nSPS) is 10.9. The van der Waals surface area contributed by atoms with E-state index in [4.69, 9.17) is 9.47 Å². The van der Waals surface area contributed by atoms with Gasteiger partial charge in [-0.1, -0.05) is 97.1 Å². The molecular formula is C26H42O4. The van der Waals surface area contributed by atoms with Gasteiger partial charge in [-0.3, -0.25) is 0 Å². The molecule has 170 valence electrons. The molecule has 1 rings (SSSR count). The van der Waals surface area contributed by atoms with E-state index in [2.05, 4.69) is 20.8 Å². The number of benzene rings is 1. The maximum atomic E-state index is 12.4. The van der Waals surface area contributed by atoms with Gasteiger partial charge in [0.05, 0.1) is 24.3 Å². The quantitative estimate of drug-likeness (QED) is 0.196. The SMILES string of the molecule is CCCCCCCCCCCCCOC(=O)c1ccccc1C(=O)OCCC(C)C. The van der Waals surface area contributed by atoms with Crippen LogP contribution in [-0.4, -0.2) is 25.2 Å². The minimum atomic E-state index is -0.460. The van der Waals surface area contributed by atoms with Crippen molar-refractivity contribution in [3.05, 3.63) is 35.4 Å². The second-order valence-electron chi connectivity index (χ2n) is 8.54. The van der Waals surface area contributed by atoms with Crippen molar-refractivity contribution in [2.45, 2.75) is 97.8 Å². The summed E-state index contributed by atoms with van der Waals surface area (Å²) in [6.45, 7) is 7.16. The molecule has 4 nitrogen and oxygen atoms in total. The number of esters is 2. The lowest BCUT2D eigenvalue weighted by atomic mass is 10.1. The van der Waals surface area contributed by atoms with Crippen molar-refractivity contribution < 1.29 is 19.1 Å². The van der Waals surface area contributed by atoms with Gasteiger partial charge in [-0.25, -0.2) is 9.59 Å². The fraction of sp³-hybridized carbons (Fsp3) is 0.692. The Morgan fingerprint density at radius 2 is 1.13 bits per heavy atom. The number of unbranched alkanes of at least 4 members (excludes halogenated alkanes) is 10. The Labute approximate surface area is 183 Å². The van der Waals surface area contributed by atoms with Crippen LogP contribution in [0.3, 0.4) is 0 Å². The molecule has 0 bridgehead atoms. The van der Waals surface area contributed by atoms with Crippen molar-refractivity contribution in [2.24, 2.45) is 5.92 Å². The molecule has 0 saturated heterocycles. The first-order valence-electron chi connectivity index (χ1n) is 12.0. The summed E-state index contributed by atoms with van der Waals surface area (Å²) in [5, 5.41) is 0. The van der Waals surface area contributed by atoms with E-state index < -0.39 is 11.9 Å². The van der Waals surface area contributed by atoms with Crippen molar-refractivity contribution in [1.29, 1.82) is 0 Å². The third-order valence-electron chi connectivity index (χ3n) is 5.28. The predicted molar refractivity (Wildman–Crippen MR) is 123 cm³/mol. The molecule has 0 saturated carbocycles. The fourth-order valence-electron chi connectivity index (χ4n) is 3.31. The lowest BCUT2D eigenvalue weighted by molar-refractivity contribution is 0.0445. The standard InChI is InChI=1S/C26H42O4/c1-4-5-6-7-8-9-10-11-12-13-16-20-29-25(27)23-17-14-15-18-24(23)26(28)30-21-19-22(2)3/h14-15,17-18,22H,4-13,16,19-21H2,1-3H3. The lowest BCUT2D eigenvalue weighted by Gasteiger charge is -2.10. The molecule has 0 atom stereocenters. The van der Waals surface area contributed by atoms with Crippen LogP contribution in [0, 0.1) is 5.92 Å². The zero-order chi connectivity index (χ0) is 22.0. The largest absolute Gasteiger partial charge is 0.462 e. The van der Waals surface area contributed by atoms with Gasteiger partial charge in [-0.15, -0.1) is 0 Å². The molecule has 1 aromatic carbocycles. The predicted octanol–water partition coefficient (Wildman–Crippen LogP) is 7.36. The number of carbonyl (C=O) groups excluding carboxylic acids is 2. The molecule has 0 spiro atoms. The number of ether oxygens (including phenoxy) is 2. The molecule has 0 N–H and O–H groups in total. The Kier molecular flexibility index (Phi) is 14.8. The Morgan fingerprint density at radius 3 is 1.60 bits per heavy atom. The van der Waals surface area contributed by atoms with Crippen LogP contribution in [0.4, 0.5) is 0 Å². The Bertz CT molecular complexity index is 594. The van der Waals surface area contributed by atoms with Gasteiger partial charge in [-0.05, 0) is 30.9 Å². The Balaban J connectivity index is 2.21. The first-order chi connectivity index (χ1) is 14.6. The molecule has 0 unspecified atom stereocenters. The highest BCUT2D eigenvalue weighted by molar-refractivity contribution is 6.03. The highest BCUT2D eigenvalue weighted by Gasteiger charge is 2.18. The van der Waals surface area contributed by atoms with E-state index in [1.165, 1.54) is 57.8 Å². The van der Waals surface area contributed by atoms with Crippen LogP contribution >= 0.6 is 0 Å². The van der Waals surface area contributed by atoms with Gasteiger partial charge in [-0.2, -0.15) is 0 Å². The van der Waals surface area contributed by atoms with Crippen LogP contribution in [0.1, 0.15) is 119 Å². The van der Waals surface area contributed by atoms with Crippen LogP contribution in [0.5, 0.6) is 0 Å². The summed E-state index contributed by atoms with van der Waals surface area (Å²) in [6.07, 6.45) is 14.6. The van der Waals surface area contributed by atoms with Gasteiger partial charge in [0.1, 0.15) is 0 Å². The summed E-state index contributed by atoms with van der Waals surface area (Å²) in [5.41, 5.74) is 0.570. The molecular weight excluding hydrogens is 376 g/mol. The van der Waals surface area contributed by atoms with Gasteiger partial charge in [0.15, 0.2) is 0 Å². The van der Waals surface area contributed by atoms with E-state index in [9.17, 15) is 9.59 Å². The summed E-state index contributed by atoms with van der Waals surface area (Å²) in [7, 11) is 0. The minimum Gasteiger partial charge on any atom is -0.462 e. The van der Waals surface area contributed by atoms with E-state index in [1.54, 1.807) is 24.3 Å². The second-order valence-corrected chi connectivity index (χ2v) is 8.54. The molecule has 4 heteroatoms. The number of hydrogen-bond donors (Lipinski definition) is 0. The molecule has 0 radical (unpaired) electrons. The van der Waals surface area contributed by atoms with E-state index >= 15 is 0 Å². The third kappa shape index (κ3) is 12.0. The van der Waals surface area contributed by atoms with Crippen LogP contribution in [0.2, 0.25) is 0 Å². The minimum absolute atomic E-state index is 0.283. The summed E-state index contributed by atoms with van der Waals surface area (Å²) in [6, 6.07) is 6.72. The van der Waals surface area contributed by atoms with Crippen molar-refractivity contribution in [3.63, 3.8) is 0 Å². The molecule has 0 aliphatic heterocycles. The average Bonchev–Trinajstić information content (AvgIpc) is 2.74. The third-order valence-corrected chi connectivity index (χ3v) is 5.28. The van der Waals surface area contributed by atoms with Gasteiger partial charge in [0.25, 0.3) is 0 Å². The average molecular weight is 419 g/mol. The fourth-order valence-corrected chi connectivity index (χ4v) is 3.31. The number of hydrogen-bond acceptors (Lipinski definition) is 4. The Hall–Kier alpha value is -1.84. The van der Waals surface area contributed by atoms with E-state index in [-0.39, 0.29) is 11.1 Å². The topological polar surface area (TPSA) is 52.6 Å². The number of rotatable bonds is 17. The monoisotopic (exact) mass is 418 g/mol. The van der Waals surface area contributed by atoms with Crippen molar-refractivity contribution in [1.82, 2.24) is 0 Å².